The molecular weight excluding hydrogens is 370 g/mol. The first-order chi connectivity index (χ1) is 14.9. The van der Waals surface area contributed by atoms with Crippen molar-refractivity contribution >= 4 is 21.8 Å². The Hall–Kier alpha value is -2.85. The van der Waals surface area contributed by atoms with Gasteiger partial charge in [0.05, 0.1) is 5.52 Å². The largest absolute Gasteiger partial charge is 0.492 e. The van der Waals surface area contributed by atoms with E-state index >= 15 is 0 Å². The Morgan fingerprint density at radius 2 is 1.57 bits per heavy atom. The highest BCUT2D eigenvalue weighted by Gasteiger charge is 2.11. The van der Waals surface area contributed by atoms with Crippen molar-refractivity contribution in [2.24, 2.45) is 0 Å². The summed E-state index contributed by atoms with van der Waals surface area (Å²) in [5.41, 5.74) is 3.75. The molecule has 0 aliphatic carbocycles. The summed E-state index contributed by atoms with van der Waals surface area (Å²) in [4.78, 5) is 6.87. The number of likely N-dealkylation sites (tertiary alicyclic amines) is 1. The molecule has 4 heteroatoms. The predicted molar refractivity (Wildman–Crippen MR) is 123 cm³/mol. The van der Waals surface area contributed by atoms with E-state index in [0.29, 0.717) is 0 Å². The lowest BCUT2D eigenvalue weighted by atomic mass is 10.2. The molecule has 0 spiro atoms. The van der Waals surface area contributed by atoms with E-state index in [0.717, 1.165) is 25.4 Å². The number of benzene rings is 2. The zero-order chi connectivity index (χ0) is 20.2. The number of aromatic nitrogens is 2. The standard InChI is InChI=1S/C26H29N3O/c1-2-6-16-28(15-5-1)17-18-30-22-11-9-21(10-12-22)20-29-25-8-4-3-7-23(25)24-19-27-14-13-26(24)29/h3-4,7-14,19H,1-2,5-6,15-18,20H2. The van der Waals surface area contributed by atoms with Crippen LogP contribution in [0.1, 0.15) is 31.2 Å². The van der Waals surface area contributed by atoms with E-state index in [4.69, 9.17) is 4.74 Å². The van der Waals surface area contributed by atoms with Gasteiger partial charge in [-0.25, -0.2) is 0 Å². The summed E-state index contributed by atoms with van der Waals surface area (Å²) in [6, 6.07) is 19.2. The summed E-state index contributed by atoms with van der Waals surface area (Å²) in [7, 11) is 0. The normalized spacial score (nSPS) is 15.5. The molecule has 3 heterocycles. The second-order valence-corrected chi connectivity index (χ2v) is 8.24. The van der Waals surface area contributed by atoms with Crippen LogP contribution in [0, 0.1) is 0 Å². The van der Waals surface area contributed by atoms with E-state index in [-0.39, 0.29) is 0 Å². The molecule has 1 aliphatic rings. The highest BCUT2D eigenvalue weighted by Crippen LogP contribution is 2.29. The minimum atomic E-state index is 0.763. The Morgan fingerprint density at radius 1 is 0.800 bits per heavy atom. The van der Waals surface area contributed by atoms with E-state index in [1.54, 1.807) is 0 Å². The maximum atomic E-state index is 6.02. The van der Waals surface area contributed by atoms with Crippen LogP contribution in [0.3, 0.4) is 0 Å². The number of rotatable bonds is 6. The third-order valence-corrected chi connectivity index (χ3v) is 6.21. The van der Waals surface area contributed by atoms with Gasteiger partial charge in [0, 0.05) is 41.8 Å². The first kappa shape index (κ1) is 19.1. The van der Waals surface area contributed by atoms with Gasteiger partial charge in [0.2, 0.25) is 0 Å². The lowest BCUT2D eigenvalue weighted by Gasteiger charge is -2.19. The molecule has 2 aromatic heterocycles. The van der Waals surface area contributed by atoms with E-state index < -0.39 is 0 Å². The number of fused-ring (bicyclic) bond motifs is 3. The number of pyridine rings is 1. The predicted octanol–water partition coefficient (Wildman–Crippen LogP) is 5.49. The average Bonchev–Trinajstić information content (AvgIpc) is 2.93. The Kier molecular flexibility index (Phi) is 5.67. The van der Waals surface area contributed by atoms with E-state index in [1.807, 2.05) is 12.4 Å². The maximum absolute atomic E-state index is 6.02. The highest BCUT2D eigenvalue weighted by atomic mass is 16.5. The first-order valence-electron chi connectivity index (χ1n) is 11.1. The van der Waals surface area contributed by atoms with Crippen molar-refractivity contribution in [3.05, 3.63) is 72.6 Å². The van der Waals surface area contributed by atoms with Crippen molar-refractivity contribution in [2.75, 3.05) is 26.2 Å². The molecule has 0 unspecified atom stereocenters. The second kappa shape index (κ2) is 8.88. The minimum absolute atomic E-state index is 0.763. The van der Waals surface area contributed by atoms with Crippen LogP contribution in [-0.2, 0) is 6.54 Å². The fourth-order valence-corrected chi connectivity index (χ4v) is 4.59. The second-order valence-electron chi connectivity index (χ2n) is 8.24. The molecular formula is C26H29N3O. The van der Waals surface area contributed by atoms with Gasteiger partial charge in [0.25, 0.3) is 0 Å². The lowest BCUT2D eigenvalue weighted by molar-refractivity contribution is 0.214. The summed E-state index contributed by atoms with van der Waals surface area (Å²) in [5, 5.41) is 2.47. The molecule has 0 N–H and O–H groups in total. The number of ether oxygens (including phenoxy) is 1. The van der Waals surface area contributed by atoms with E-state index in [9.17, 15) is 0 Å². The van der Waals surface area contributed by atoms with E-state index in [1.165, 1.54) is 66.1 Å². The monoisotopic (exact) mass is 399 g/mol. The molecule has 5 rings (SSSR count). The fourth-order valence-electron chi connectivity index (χ4n) is 4.59. The van der Waals surface area contributed by atoms with Gasteiger partial charge in [-0.2, -0.15) is 0 Å². The van der Waals surface area contributed by atoms with Gasteiger partial charge in [-0.15, -0.1) is 0 Å². The summed E-state index contributed by atoms with van der Waals surface area (Å²) in [6.07, 6.45) is 9.25. The molecule has 1 fully saturated rings. The number of nitrogens with zero attached hydrogens (tertiary/aromatic N) is 3. The molecule has 4 aromatic rings. The summed E-state index contributed by atoms with van der Waals surface area (Å²) < 4.78 is 8.40. The molecule has 1 aliphatic heterocycles. The van der Waals surface area contributed by atoms with Crippen LogP contribution < -0.4 is 4.74 Å². The van der Waals surface area contributed by atoms with Gasteiger partial charge in [-0.3, -0.25) is 9.88 Å². The quantitative estimate of drug-likeness (QED) is 0.429. The summed E-state index contributed by atoms with van der Waals surface area (Å²) in [5.74, 6) is 0.958. The lowest BCUT2D eigenvalue weighted by Crippen LogP contribution is -2.29. The smallest absolute Gasteiger partial charge is 0.119 e. The van der Waals surface area contributed by atoms with Crippen molar-refractivity contribution in [1.29, 1.82) is 0 Å². The topological polar surface area (TPSA) is 30.3 Å². The van der Waals surface area contributed by atoms with Crippen molar-refractivity contribution in [1.82, 2.24) is 14.5 Å². The third kappa shape index (κ3) is 4.05. The summed E-state index contributed by atoms with van der Waals surface area (Å²) >= 11 is 0. The van der Waals surface area contributed by atoms with Gasteiger partial charge >= 0.3 is 0 Å². The molecule has 30 heavy (non-hydrogen) atoms. The molecule has 4 nitrogen and oxygen atoms in total. The SMILES string of the molecule is c1ccc2c(c1)c1cnccc1n2Cc1ccc(OCCN2CCCCCC2)cc1. The molecule has 0 radical (unpaired) electrons. The average molecular weight is 400 g/mol. The Labute approximate surface area is 178 Å². The van der Waals surface area contributed by atoms with Crippen LogP contribution in [0.4, 0.5) is 0 Å². The molecule has 2 aromatic carbocycles. The highest BCUT2D eigenvalue weighted by molar-refractivity contribution is 6.07. The van der Waals surface area contributed by atoms with Gasteiger partial charge in [0.15, 0.2) is 0 Å². The molecule has 0 amide bonds. The fraction of sp³-hybridized carbons (Fsp3) is 0.346. The Morgan fingerprint density at radius 3 is 2.40 bits per heavy atom. The van der Waals surface area contributed by atoms with Crippen LogP contribution >= 0.6 is 0 Å². The first-order valence-corrected chi connectivity index (χ1v) is 11.1. The maximum Gasteiger partial charge on any atom is 0.119 e. The van der Waals surface area contributed by atoms with Crippen LogP contribution in [0.5, 0.6) is 5.75 Å². The molecule has 154 valence electrons. The molecule has 0 saturated carbocycles. The van der Waals surface area contributed by atoms with Crippen LogP contribution in [0.2, 0.25) is 0 Å². The van der Waals surface area contributed by atoms with Gasteiger partial charge in [-0.05, 0) is 55.8 Å². The van der Waals surface area contributed by atoms with Crippen LogP contribution in [0.15, 0.2) is 67.0 Å². The van der Waals surface area contributed by atoms with Gasteiger partial charge in [0.1, 0.15) is 12.4 Å². The van der Waals surface area contributed by atoms with Gasteiger partial charge in [-0.1, -0.05) is 43.2 Å². The zero-order valence-electron chi connectivity index (χ0n) is 17.5. The Balaban J connectivity index is 1.27. The van der Waals surface area contributed by atoms with Crippen LogP contribution in [-0.4, -0.2) is 40.7 Å². The van der Waals surface area contributed by atoms with Crippen molar-refractivity contribution in [2.45, 2.75) is 32.2 Å². The third-order valence-electron chi connectivity index (χ3n) is 6.21. The van der Waals surface area contributed by atoms with Crippen molar-refractivity contribution < 1.29 is 4.74 Å². The zero-order valence-corrected chi connectivity index (χ0v) is 17.5. The van der Waals surface area contributed by atoms with Crippen molar-refractivity contribution in [3.8, 4) is 5.75 Å². The minimum Gasteiger partial charge on any atom is -0.492 e. The van der Waals surface area contributed by atoms with Gasteiger partial charge < -0.3 is 9.30 Å². The molecule has 0 atom stereocenters. The van der Waals surface area contributed by atoms with E-state index in [2.05, 4.69) is 69.0 Å². The molecule has 1 saturated heterocycles. The number of para-hydroxylation sites is 1. The van der Waals surface area contributed by atoms with Crippen LogP contribution in [0.25, 0.3) is 21.8 Å². The molecule has 0 bridgehead atoms. The number of hydrogen-bond donors (Lipinski definition) is 0. The summed E-state index contributed by atoms with van der Waals surface area (Å²) in [6.45, 7) is 5.06. The van der Waals surface area contributed by atoms with Crippen molar-refractivity contribution in [3.63, 3.8) is 0 Å². The Bertz CT molecular complexity index is 1060. The number of hydrogen-bond acceptors (Lipinski definition) is 3.